The van der Waals surface area contributed by atoms with Crippen molar-refractivity contribution >= 4 is 41.8 Å². The Bertz CT molecular complexity index is 829. The van der Waals surface area contributed by atoms with Gasteiger partial charge in [-0.05, 0) is 25.5 Å². The van der Waals surface area contributed by atoms with E-state index in [-0.39, 0.29) is 35.2 Å². The molecule has 0 saturated heterocycles. The highest BCUT2D eigenvalue weighted by atomic mass is 35.5. The SMILES string of the molecule is CCOC(=O)C1=C(C=O)N=C(C=O)C(C(=O)OCC)C1c1ccccc1Cl. The molecule has 2 rings (SSSR count). The van der Waals surface area contributed by atoms with Crippen LogP contribution < -0.4 is 0 Å². The molecule has 7 nitrogen and oxygen atoms in total. The van der Waals surface area contributed by atoms with E-state index in [0.717, 1.165) is 0 Å². The number of aldehydes is 2. The maximum atomic E-state index is 12.6. The number of carbonyl (C=O) groups excluding carboxylic acids is 4. The second-order valence-corrected chi connectivity index (χ2v) is 5.93. The number of halogens is 1. The van der Waals surface area contributed by atoms with Gasteiger partial charge >= 0.3 is 11.9 Å². The fourth-order valence-electron chi connectivity index (χ4n) is 2.95. The Kier molecular flexibility index (Phi) is 7.01. The molecule has 0 bridgehead atoms. The van der Waals surface area contributed by atoms with Crippen LogP contribution in [0.2, 0.25) is 5.02 Å². The van der Waals surface area contributed by atoms with Crippen molar-refractivity contribution in [2.75, 3.05) is 13.2 Å². The maximum absolute atomic E-state index is 12.6. The lowest BCUT2D eigenvalue weighted by Gasteiger charge is -2.30. The van der Waals surface area contributed by atoms with Gasteiger partial charge < -0.3 is 9.47 Å². The minimum absolute atomic E-state index is 0.0536. The summed E-state index contributed by atoms with van der Waals surface area (Å²) in [5, 5.41) is 0.260. The molecule has 2 atom stereocenters. The van der Waals surface area contributed by atoms with E-state index >= 15 is 0 Å². The van der Waals surface area contributed by atoms with Gasteiger partial charge in [-0.15, -0.1) is 0 Å². The number of allylic oxidation sites excluding steroid dienone is 1. The van der Waals surface area contributed by atoms with Gasteiger partial charge in [-0.25, -0.2) is 9.79 Å². The molecule has 2 unspecified atom stereocenters. The summed E-state index contributed by atoms with van der Waals surface area (Å²) in [4.78, 5) is 52.3. The number of hydrogen-bond acceptors (Lipinski definition) is 7. The van der Waals surface area contributed by atoms with Crippen molar-refractivity contribution in [3.8, 4) is 0 Å². The molecular weight excluding hydrogens is 374 g/mol. The van der Waals surface area contributed by atoms with Crippen molar-refractivity contribution in [1.82, 2.24) is 0 Å². The van der Waals surface area contributed by atoms with Crippen LogP contribution in [0.3, 0.4) is 0 Å². The summed E-state index contributed by atoms with van der Waals surface area (Å²) in [5.41, 5.74) is -0.244. The third kappa shape index (κ3) is 4.14. The number of hydrogen-bond donors (Lipinski definition) is 0. The number of ether oxygens (including phenoxy) is 2. The number of aliphatic imine (C=N–C) groups is 1. The molecule has 1 heterocycles. The summed E-state index contributed by atoms with van der Waals surface area (Å²) in [6, 6.07) is 6.53. The van der Waals surface area contributed by atoms with Crippen molar-refractivity contribution in [3.63, 3.8) is 0 Å². The Morgan fingerprint density at radius 1 is 1.11 bits per heavy atom. The van der Waals surface area contributed by atoms with Crippen LogP contribution in [-0.2, 0) is 28.7 Å². The third-order valence-corrected chi connectivity index (χ3v) is 4.34. The van der Waals surface area contributed by atoms with E-state index in [0.29, 0.717) is 18.1 Å². The van der Waals surface area contributed by atoms with Gasteiger partial charge in [0.2, 0.25) is 0 Å². The van der Waals surface area contributed by atoms with Gasteiger partial charge in [-0.3, -0.25) is 14.4 Å². The van der Waals surface area contributed by atoms with Crippen LogP contribution >= 0.6 is 11.6 Å². The fourth-order valence-corrected chi connectivity index (χ4v) is 3.20. The normalized spacial score (nSPS) is 19.1. The quantitative estimate of drug-likeness (QED) is 0.522. The summed E-state index contributed by atoms with van der Waals surface area (Å²) in [6.45, 7) is 3.34. The van der Waals surface area contributed by atoms with Crippen LogP contribution in [0.25, 0.3) is 0 Å². The molecular formula is C19H18ClNO6. The van der Waals surface area contributed by atoms with E-state index in [2.05, 4.69) is 4.99 Å². The Morgan fingerprint density at radius 2 is 1.78 bits per heavy atom. The first kappa shape index (κ1) is 20.5. The predicted octanol–water partition coefficient (Wildman–Crippen LogP) is 2.27. The number of esters is 2. The smallest absolute Gasteiger partial charge is 0.336 e. The molecule has 0 N–H and O–H groups in total. The van der Waals surface area contributed by atoms with Crippen molar-refractivity contribution in [3.05, 3.63) is 46.1 Å². The van der Waals surface area contributed by atoms with E-state index in [4.69, 9.17) is 21.1 Å². The predicted molar refractivity (Wildman–Crippen MR) is 97.5 cm³/mol. The molecule has 142 valence electrons. The second-order valence-electron chi connectivity index (χ2n) is 5.52. The average Bonchev–Trinajstić information content (AvgIpc) is 2.67. The molecule has 1 aromatic rings. The van der Waals surface area contributed by atoms with Gasteiger partial charge in [-0.1, -0.05) is 29.8 Å². The fraction of sp³-hybridized carbons (Fsp3) is 0.316. The number of carbonyl (C=O) groups is 4. The molecule has 8 heteroatoms. The molecule has 1 aliphatic rings. The van der Waals surface area contributed by atoms with E-state index in [1.807, 2.05) is 0 Å². The Labute approximate surface area is 161 Å². The minimum Gasteiger partial charge on any atom is -0.465 e. The van der Waals surface area contributed by atoms with Crippen molar-refractivity contribution < 1.29 is 28.7 Å². The van der Waals surface area contributed by atoms with Crippen LogP contribution in [0.15, 0.2) is 40.5 Å². The van der Waals surface area contributed by atoms with Crippen LogP contribution in [0.1, 0.15) is 25.3 Å². The summed E-state index contributed by atoms with van der Waals surface area (Å²) in [6.07, 6.45) is 0.720. The van der Waals surface area contributed by atoms with Gasteiger partial charge in [-0.2, -0.15) is 0 Å². The molecule has 0 radical (unpaired) electrons. The topological polar surface area (TPSA) is 99.1 Å². The highest BCUT2D eigenvalue weighted by Crippen LogP contribution is 2.42. The second kappa shape index (κ2) is 9.23. The first-order chi connectivity index (χ1) is 13.0. The van der Waals surface area contributed by atoms with E-state index in [9.17, 15) is 19.2 Å². The molecule has 0 aliphatic carbocycles. The largest absolute Gasteiger partial charge is 0.465 e. The average molecular weight is 392 g/mol. The minimum atomic E-state index is -1.23. The molecule has 0 spiro atoms. The first-order valence-corrected chi connectivity index (χ1v) is 8.69. The Morgan fingerprint density at radius 3 is 2.33 bits per heavy atom. The first-order valence-electron chi connectivity index (χ1n) is 8.31. The van der Waals surface area contributed by atoms with Gasteiger partial charge in [0, 0.05) is 10.9 Å². The molecule has 0 amide bonds. The van der Waals surface area contributed by atoms with Crippen molar-refractivity contribution in [2.45, 2.75) is 19.8 Å². The zero-order chi connectivity index (χ0) is 20.0. The summed E-state index contributed by atoms with van der Waals surface area (Å²) < 4.78 is 10.1. The highest BCUT2D eigenvalue weighted by Gasteiger charge is 2.45. The highest BCUT2D eigenvalue weighted by molar-refractivity contribution is 6.36. The molecule has 0 fully saturated rings. The van der Waals surface area contributed by atoms with Gasteiger partial charge in [0.05, 0.1) is 24.5 Å². The zero-order valence-electron chi connectivity index (χ0n) is 14.8. The van der Waals surface area contributed by atoms with E-state index in [1.165, 1.54) is 0 Å². The Hall–Kier alpha value is -2.80. The molecule has 0 saturated carbocycles. The molecule has 1 aromatic carbocycles. The zero-order valence-corrected chi connectivity index (χ0v) is 15.6. The van der Waals surface area contributed by atoms with Crippen LogP contribution in [0, 0.1) is 5.92 Å². The van der Waals surface area contributed by atoms with Crippen LogP contribution in [0.4, 0.5) is 0 Å². The number of rotatable bonds is 7. The van der Waals surface area contributed by atoms with E-state index in [1.54, 1.807) is 38.1 Å². The third-order valence-electron chi connectivity index (χ3n) is 4.00. The van der Waals surface area contributed by atoms with Crippen LogP contribution in [0.5, 0.6) is 0 Å². The number of benzene rings is 1. The monoisotopic (exact) mass is 391 g/mol. The summed E-state index contributed by atoms with van der Waals surface area (Å²) in [7, 11) is 0. The Balaban J connectivity index is 2.78. The lowest BCUT2D eigenvalue weighted by Crippen LogP contribution is -2.38. The van der Waals surface area contributed by atoms with Gasteiger partial charge in [0.1, 0.15) is 11.6 Å². The maximum Gasteiger partial charge on any atom is 0.336 e. The molecule has 1 aliphatic heterocycles. The molecule has 0 aromatic heterocycles. The van der Waals surface area contributed by atoms with Gasteiger partial charge in [0.15, 0.2) is 12.6 Å². The molecule has 27 heavy (non-hydrogen) atoms. The van der Waals surface area contributed by atoms with Crippen molar-refractivity contribution in [2.24, 2.45) is 10.9 Å². The summed E-state index contributed by atoms with van der Waals surface area (Å²) >= 11 is 6.29. The number of nitrogens with zero attached hydrogens (tertiary/aromatic N) is 1. The van der Waals surface area contributed by atoms with Crippen molar-refractivity contribution in [1.29, 1.82) is 0 Å². The van der Waals surface area contributed by atoms with Crippen LogP contribution in [-0.4, -0.2) is 43.4 Å². The standard InChI is InChI=1S/C19H18ClNO6/c1-3-26-18(24)16-13(9-22)21-14(10-23)17(19(25)27-4-2)15(16)11-7-5-6-8-12(11)20/h5-10,15-16H,3-4H2,1-2H3. The summed E-state index contributed by atoms with van der Waals surface area (Å²) in [5.74, 6) is -3.84. The van der Waals surface area contributed by atoms with E-state index < -0.39 is 23.8 Å². The lowest BCUT2D eigenvalue weighted by atomic mass is 9.75. The lowest BCUT2D eigenvalue weighted by molar-refractivity contribution is -0.146. The van der Waals surface area contributed by atoms with Gasteiger partial charge in [0.25, 0.3) is 0 Å².